The molecule has 4 aliphatic carbocycles. The number of rotatable bonds is 7. The highest BCUT2D eigenvalue weighted by Crippen LogP contribution is 2.67. The molecule has 0 radical (unpaired) electrons. The average molecular weight is 482 g/mol. The smallest absolute Gasteiger partial charge is 0.217 e. The van der Waals surface area contributed by atoms with Gasteiger partial charge in [-0.2, -0.15) is 0 Å². The molecule has 3 fully saturated rings. The van der Waals surface area contributed by atoms with E-state index in [1.807, 2.05) is 13.8 Å². The van der Waals surface area contributed by atoms with Crippen LogP contribution in [-0.2, 0) is 14.6 Å². The van der Waals surface area contributed by atoms with E-state index in [4.69, 9.17) is 4.18 Å². The molecule has 9 atom stereocenters. The first-order valence-electron chi connectivity index (χ1n) is 13.4. The van der Waals surface area contributed by atoms with Crippen LogP contribution in [0.25, 0.3) is 0 Å². The molecular weight excluding hydrogens is 436 g/mol. The Morgan fingerprint density at radius 3 is 2.48 bits per heavy atom. The highest BCUT2D eigenvalue weighted by molar-refractivity contribution is 7.80. The van der Waals surface area contributed by atoms with E-state index in [1.165, 1.54) is 37.7 Å². The van der Waals surface area contributed by atoms with E-state index in [0.717, 1.165) is 43.4 Å². The van der Waals surface area contributed by atoms with Crippen molar-refractivity contribution in [3.05, 3.63) is 11.6 Å². The fourth-order valence-electron chi connectivity index (χ4n) is 8.89. The number of hydrogen-bond acceptors (Lipinski definition) is 5. The molecule has 3 saturated carbocycles. The van der Waals surface area contributed by atoms with Crippen molar-refractivity contribution < 1.29 is 22.3 Å². The summed E-state index contributed by atoms with van der Waals surface area (Å²) < 4.78 is 38.4. The van der Waals surface area contributed by atoms with Gasteiger partial charge in [-0.15, -0.1) is 0 Å². The summed E-state index contributed by atoms with van der Waals surface area (Å²) in [6, 6.07) is 0. The van der Waals surface area contributed by atoms with Gasteiger partial charge in [0.25, 0.3) is 0 Å². The van der Waals surface area contributed by atoms with E-state index in [1.54, 1.807) is 0 Å². The van der Waals surface area contributed by atoms with Crippen LogP contribution >= 0.6 is 0 Å². The van der Waals surface area contributed by atoms with Gasteiger partial charge in [0.15, 0.2) is 0 Å². The van der Waals surface area contributed by atoms with Gasteiger partial charge in [-0.1, -0.05) is 46.3 Å². The maximum absolute atomic E-state index is 11.2. The van der Waals surface area contributed by atoms with Crippen LogP contribution in [0.3, 0.4) is 0 Å². The number of fused-ring (bicyclic) bond motifs is 5. The third kappa shape index (κ3) is 4.83. The summed E-state index contributed by atoms with van der Waals surface area (Å²) in [5.74, 6) is 3.39. The third-order valence-corrected chi connectivity index (χ3v) is 11.2. The van der Waals surface area contributed by atoms with Crippen LogP contribution in [0.5, 0.6) is 0 Å². The van der Waals surface area contributed by atoms with Crippen LogP contribution in [0, 0.1) is 46.3 Å². The summed E-state index contributed by atoms with van der Waals surface area (Å²) in [5.41, 5.74) is 2.15. The minimum Gasteiger partial charge on any atom is -0.726 e. The van der Waals surface area contributed by atoms with E-state index in [0.29, 0.717) is 23.7 Å². The monoisotopic (exact) mass is 481 g/mol. The SMILES string of the molecule is CC(C)[C@H](CC[C@@H](C)[C@H]1CC[C@H]2[C@@H]3CC=C4C[C@@H](O)CC[C@]4(C)[C@H]3CC[C@]12C)OS(=O)(=O)[O-]. The predicted molar refractivity (Wildman–Crippen MR) is 129 cm³/mol. The van der Waals surface area contributed by atoms with Crippen LogP contribution in [0.15, 0.2) is 11.6 Å². The lowest BCUT2D eigenvalue weighted by Gasteiger charge is -2.58. The molecule has 6 heteroatoms. The molecule has 0 spiro atoms. The lowest BCUT2D eigenvalue weighted by molar-refractivity contribution is -0.0578. The van der Waals surface area contributed by atoms with Crippen LogP contribution in [-0.4, -0.2) is 30.3 Å². The van der Waals surface area contributed by atoms with Crippen molar-refractivity contribution in [2.45, 2.75) is 111 Å². The molecule has 0 amide bonds. The first-order chi connectivity index (χ1) is 15.3. The fourth-order valence-corrected chi connectivity index (χ4v) is 9.51. The quantitative estimate of drug-likeness (QED) is 0.280. The van der Waals surface area contributed by atoms with Gasteiger partial charge in [-0.05, 0) is 111 Å². The molecule has 0 aliphatic heterocycles. The molecule has 1 N–H and O–H groups in total. The van der Waals surface area contributed by atoms with Crippen molar-refractivity contribution in [3.63, 3.8) is 0 Å². The Morgan fingerprint density at radius 1 is 1.09 bits per heavy atom. The Bertz CT molecular complexity index is 851. The summed E-state index contributed by atoms with van der Waals surface area (Å²) in [6.07, 6.45) is 12.6. The second kappa shape index (κ2) is 9.22. The number of aliphatic hydroxyl groups is 1. The zero-order chi connectivity index (χ0) is 24.2. The van der Waals surface area contributed by atoms with Gasteiger partial charge in [0.1, 0.15) is 0 Å². The maximum Gasteiger partial charge on any atom is 0.217 e. The van der Waals surface area contributed by atoms with Gasteiger partial charge < -0.3 is 9.66 Å². The molecule has 4 rings (SSSR count). The Kier molecular flexibility index (Phi) is 7.17. The second-order valence-electron chi connectivity index (χ2n) is 12.7. The molecule has 0 saturated heterocycles. The highest BCUT2D eigenvalue weighted by Gasteiger charge is 2.59. The summed E-state index contributed by atoms with van der Waals surface area (Å²) >= 11 is 0. The van der Waals surface area contributed by atoms with Gasteiger partial charge in [0, 0.05) is 0 Å². The van der Waals surface area contributed by atoms with Crippen molar-refractivity contribution in [3.8, 4) is 0 Å². The van der Waals surface area contributed by atoms with Crippen molar-refractivity contribution in [2.75, 3.05) is 0 Å². The molecule has 4 aliphatic rings. The summed E-state index contributed by atoms with van der Waals surface area (Å²) in [4.78, 5) is 0. The van der Waals surface area contributed by atoms with Crippen molar-refractivity contribution in [2.24, 2.45) is 46.3 Å². The number of hydrogen-bond donors (Lipinski definition) is 1. The van der Waals surface area contributed by atoms with Crippen LogP contribution in [0.4, 0.5) is 0 Å². The van der Waals surface area contributed by atoms with Gasteiger partial charge in [-0.25, -0.2) is 8.42 Å². The molecule has 33 heavy (non-hydrogen) atoms. The fraction of sp³-hybridized carbons (Fsp3) is 0.926. The largest absolute Gasteiger partial charge is 0.726 e. The van der Waals surface area contributed by atoms with Gasteiger partial charge in [0.2, 0.25) is 10.4 Å². The van der Waals surface area contributed by atoms with E-state index in [9.17, 15) is 18.1 Å². The predicted octanol–water partition coefficient (Wildman–Crippen LogP) is 5.84. The molecule has 0 aromatic rings. The molecule has 0 unspecified atom stereocenters. The van der Waals surface area contributed by atoms with E-state index >= 15 is 0 Å². The molecule has 0 bridgehead atoms. The summed E-state index contributed by atoms with van der Waals surface area (Å²) in [7, 11) is -4.67. The molecule has 0 aromatic carbocycles. The molecule has 0 aromatic heterocycles. The van der Waals surface area contributed by atoms with E-state index in [2.05, 4.69) is 26.8 Å². The number of allylic oxidation sites excluding steroid dienone is 1. The standard InChI is InChI=1S/C27H46O5S/c1-17(2)25(32-33(29,30)31)11-6-18(3)22-9-10-23-21-8-7-19-16-20(28)12-14-26(19,4)24(21)13-15-27(22,23)5/h7,17-18,20-25,28H,6,8-16H2,1-5H3,(H,29,30,31)/p-1/t18-,20+,21+,22-,23+,24+,25+,26+,27-/m1/s1. The first kappa shape index (κ1) is 25.7. The first-order valence-corrected chi connectivity index (χ1v) is 14.7. The van der Waals surface area contributed by atoms with Gasteiger partial charge in [0.05, 0.1) is 12.2 Å². The Balaban J connectivity index is 1.45. The minimum atomic E-state index is -4.67. The molecule has 190 valence electrons. The number of aliphatic hydroxyl groups excluding tert-OH is 1. The Hall–Kier alpha value is -0.430. The minimum absolute atomic E-state index is 0.00116. The van der Waals surface area contributed by atoms with E-state index < -0.39 is 16.5 Å². The molecular formula is C27H45O5S-. The van der Waals surface area contributed by atoms with Crippen molar-refractivity contribution in [1.82, 2.24) is 0 Å². The highest BCUT2D eigenvalue weighted by atomic mass is 32.3. The lowest BCUT2D eigenvalue weighted by atomic mass is 9.47. The second-order valence-corrected chi connectivity index (χ2v) is 13.7. The maximum atomic E-state index is 11.2. The van der Waals surface area contributed by atoms with Crippen molar-refractivity contribution >= 4 is 10.4 Å². The topological polar surface area (TPSA) is 86.7 Å². The van der Waals surface area contributed by atoms with Crippen LogP contribution in [0.2, 0.25) is 0 Å². The summed E-state index contributed by atoms with van der Waals surface area (Å²) in [6.45, 7) is 11.2. The zero-order valence-corrected chi connectivity index (χ0v) is 22.1. The summed E-state index contributed by atoms with van der Waals surface area (Å²) in [5, 5.41) is 10.2. The molecule has 5 nitrogen and oxygen atoms in total. The van der Waals surface area contributed by atoms with Gasteiger partial charge in [-0.3, -0.25) is 4.18 Å². The van der Waals surface area contributed by atoms with Gasteiger partial charge >= 0.3 is 0 Å². The molecule has 0 heterocycles. The normalized spacial score (nSPS) is 42.8. The average Bonchev–Trinajstić information content (AvgIpc) is 3.07. The van der Waals surface area contributed by atoms with E-state index in [-0.39, 0.29) is 17.4 Å². The van der Waals surface area contributed by atoms with Crippen LogP contribution in [0.1, 0.15) is 98.8 Å². The lowest BCUT2D eigenvalue weighted by Crippen LogP contribution is -2.50. The van der Waals surface area contributed by atoms with Crippen LogP contribution < -0.4 is 0 Å². The Morgan fingerprint density at radius 2 is 1.82 bits per heavy atom. The zero-order valence-electron chi connectivity index (χ0n) is 21.3. The Labute approximate surface area is 201 Å². The van der Waals surface area contributed by atoms with Crippen molar-refractivity contribution in [1.29, 1.82) is 0 Å². The third-order valence-electron chi connectivity index (χ3n) is 10.7.